The minimum absolute atomic E-state index is 0.0451. The third-order valence-corrected chi connectivity index (χ3v) is 5.96. The van der Waals surface area contributed by atoms with E-state index in [0.29, 0.717) is 22.7 Å². The van der Waals surface area contributed by atoms with Crippen LogP contribution in [0.15, 0.2) is 78.9 Å². The molecule has 0 spiro atoms. The number of carbonyl (C=O) groups excluding carboxylic acids is 2. The minimum atomic E-state index is -1.12. The third-order valence-electron chi connectivity index (χ3n) is 5.96. The molecule has 3 aromatic rings. The number of hydrogen-bond donors (Lipinski definition) is 1. The standard InChI is InChI=1S/C25H20N2O6/c1-32-19-14-8-7-13-18(19)26-23(28)20-21(16-11-5-6-12-17(16)25(30)31)27(33-22(20)24(26)29)15-9-3-2-4-10-15/h2-14,20-22H,1H3,(H,30,31)/t20-,21-,22-/m1/s1. The number of hydroxylamine groups is 1. The molecule has 33 heavy (non-hydrogen) atoms. The molecule has 2 aliphatic rings. The molecule has 8 nitrogen and oxygen atoms in total. The van der Waals surface area contributed by atoms with Crippen LogP contribution in [0, 0.1) is 5.92 Å². The summed E-state index contributed by atoms with van der Waals surface area (Å²) >= 11 is 0. The van der Waals surface area contributed by atoms with E-state index in [0.717, 1.165) is 4.90 Å². The van der Waals surface area contributed by atoms with Crippen LogP contribution in [0.4, 0.5) is 11.4 Å². The van der Waals surface area contributed by atoms with Gasteiger partial charge in [0, 0.05) is 0 Å². The van der Waals surface area contributed by atoms with Gasteiger partial charge in [-0.3, -0.25) is 14.4 Å². The molecular weight excluding hydrogens is 424 g/mol. The average Bonchev–Trinajstić information content (AvgIpc) is 3.35. The van der Waals surface area contributed by atoms with Gasteiger partial charge in [0.25, 0.3) is 5.91 Å². The first-order valence-corrected chi connectivity index (χ1v) is 10.4. The van der Waals surface area contributed by atoms with Crippen LogP contribution in [-0.2, 0) is 14.4 Å². The van der Waals surface area contributed by atoms with Crippen LogP contribution >= 0.6 is 0 Å². The van der Waals surface area contributed by atoms with Crippen molar-refractivity contribution in [1.82, 2.24) is 0 Å². The number of benzene rings is 3. The summed E-state index contributed by atoms with van der Waals surface area (Å²) in [6.45, 7) is 0. The number of aromatic carboxylic acids is 1. The Morgan fingerprint density at radius 1 is 0.909 bits per heavy atom. The molecule has 0 aliphatic carbocycles. The number of carboxylic acid groups (broad SMARTS) is 1. The summed E-state index contributed by atoms with van der Waals surface area (Å²) in [4.78, 5) is 46.3. The smallest absolute Gasteiger partial charge is 0.336 e. The van der Waals surface area contributed by atoms with E-state index in [1.165, 1.54) is 18.2 Å². The van der Waals surface area contributed by atoms with Crippen molar-refractivity contribution < 1.29 is 29.1 Å². The van der Waals surface area contributed by atoms with E-state index >= 15 is 0 Å². The lowest BCUT2D eigenvalue weighted by Gasteiger charge is -2.29. The number of carboxylic acids is 1. The monoisotopic (exact) mass is 444 g/mol. The Bertz CT molecular complexity index is 1240. The first-order chi connectivity index (χ1) is 16.0. The highest BCUT2D eigenvalue weighted by molar-refractivity contribution is 6.24. The van der Waals surface area contributed by atoms with Crippen molar-refractivity contribution in [3.8, 4) is 5.75 Å². The first-order valence-electron chi connectivity index (χ1n) is 10.4. The maximum Gasteiger partial charge on any atom is 0.336 e. The molecule has 0 radical (unpaired) electrons. The van der Waals surface area contributed by atoms with Gasteiger partial charge in [-0.05, 0) is 35.9 Å². The molecule has 8 heteroatoms. The predicted octanol–water partition coefficient (Wildman–Crippen LogP) is 3.44. The summed E-state index contributed by atoms with van der Waals surface area (Å²) in [5.41, 5.74) is 1.37. The van der Waals surface area contributed by atoms with Gasteiger partial charge in [0.05, 0.1) is 30.1 Å². The zero-order valence-corrected chi connectivity index (χ0v) is 17.6. The van der Waals surface area contributed by atoms with Crippen LogP contribution < -0.4 is 14.7 Å². The lowest BCUT2D eigenvalue weighted by molar-refractivity contribution is -0.126. The highest BCUT2D eigenvalue weighted by Gasteiger charge is 2.61. The Labute approximate surface area is 189 Å². The summed E-state index contributed by atoms with van der Waals surface area (Å²) in [7, 11) is 1.46. The first kappa shape index (κ1) is 20.7. The van der Waals surface area contributed by atoms with E-state index in [9.17, 15) is 19.5 Å². The van der Waals surface area contributed by atoms with E-state index in [1.54, 1.807) is 66.7 Å². The van der Waals surface area contributed by atoms with Crippen LogP contribution in [0.25, 0.3) is 0 Å². The number of imide groups is 1. The Kier molecular flexibility index (Phi) is 5.07. The minimum Gasteiger partial charge on any atom is -0.495 e. The Hall–Kier alpha value is -4.17. The second-order valence-corrected chi connectivity index (χ2v) is 7.73. The van der Waals surface area contributed by atoms with Crippen molar-refractivity contribution in [2.24, 2.45) is 5.92 Å². The number of hydrogen-bond acceptors (Lipinski definition) is 6. The van der Waals surface area contributed by atoms with Crippen molar-refractivity contribution in [2.45, 2.75) is 12.1 Å². The summed E-state index contributed by atoms with van der Waals surface area (Å²) in [5.74, 6) is -2.69. The van der Waals surface area contributed by atoms with Crippen LogP contribution in [0.2, 0.25) is 0 Å². The maximum absolute atomic E-state index is 13.7. The number of ether oxygens (including phenoxy) is 1. The zero-order chi connectivity index (χ0) is 23.1. The number of anilines is 2. The Balaban J connectivity index is 1.65. The number of carbonyl (C=O) groups is 3. The van der Waals surface area contributed by atoms with Crippen molar-refractivity contribution in [3.05, 3.63) is 90.0 Å². The van der Waals surface area contributed by atoms with Crippen LogP contribution in [0.3, 0.4) is 0 Å². The average molecular weight is 444 g/mol. The number of fused-ring (bicyclic) bond motifs is 1. The molecule has 1 N–H and O–H groups in total. The molecule has 0 saturated carbocycles. The Morgan fingerprint density at radius 2 is 1.58 bits per heavy atom. The van der Waals surface area contributed by atoms with E-state index in [-0.39, 0.29) is 5.56 Å². The molecule has 3 atom stereocenters. The normalized spacial score (nSPS) is 21.9. The molecule has 166 valence electrons. The largest absolute Gasteiger partial charge is 0.495 e. The highest BCUT2D eigenvalue weighted by Crippen LogP contribution is 2.49. The second kappa shape index (κ2) is 8.07. The fourth-order valence-electron chi connectivity index (χ4n) is 4.53. The van der Waals surface area contributed by atoms with E-state index in [1.807, 2.05) is 6.07 Å². The summed E-state index contributed by atoms with van der Waals surface area (Å²) in [6.07, 6.45) is -1.10. The van der Waals surface area contributed by atoms with Gasteiger partial charge in [0.15, 0.2) is 6.10 Å². The summed E-state index contributed by atoms with van der Waals surface area (Å²) in [5, 5.41) is 11.3. The van der Waals surface area contributed by atoms with Crippen molar-refractivity contribution in [2.75, 3.05) is 17.1 Å². The molecule has 5 rings (SSSR count). The molecule has 2 saturated heterocycles. The molecule has 2 aliphatic heterocycles. The zero-order valence-electron chi connectivity index (χ0n) is 17.6. The van der Waals surface area contributed by atoms with Gasteiger partial charge in [-0.15, -0.1) is 0 Å². The third kappa shape index (κ3) is 3.23. The van der Waals surface area contributed by atoms with Gasteiger partial charge in [-0.25, -0.2) is 14.8 Å². The lowest BCUT2D eigenvalue weighted by Crippen LogP contribution is -2.37. The Morgan fingerprint density at radius 3 is 2.30 bits per heavy atom. The maximum atomic E-state index is 13.7. The fraction of sp³-hybridized carbons (Fsp3) is 0.160. The molecule has 3 aromatic carbocycles. The highest BCUT2D eigenvalue weighted by atomic mass is 16.7. The van der Waals surface area contributed by atoms with Crippen molar-refractivity contribution in [1.29, 1.82) is 0 Å². The number of rotatable bonds is 5. The molecule has 2 fully saturated rings. The van der Waals surface area contributed by atoms with E-state index in [2.05, 4.69) is 0 Å². The molecule has 0 unspecified atom stereocenters. The molecule has 0 bridgehead atoms. The number of para-hydroxylation sites is 3. The fourth-order valence-corrected chi connectivity index (χ4v) is 4.53. The van der Waals surface area contributed by atoms with Gasteiger partial charge in [-0.2, -0.15) is 0 Å². The molecule has 0 aromatic heterocycles. The van der Waals surface area contributed by atoms with Crippen LogP contribution in [-0.4, -0.2) is 36.1 Å². The summed E-state index contributed by atoms with van der Waals surface area (Å²) in [6, 6.07) is 21.4. The number of nitrogens with zero attached hydrogens (tertiary/aromatic N) is 2. The van der Waals surface area contributed by atoms with Crippen molar-refractivity contribution in [3.63, 3.8) is 0 Å². The molecule has 2 heterocycles. The van der Waals surface area contributed by atoms with E-state index < -0.39 is 35.8 Å². The predicted molar refractivity (Wildman–Crippen MR) is 119 cm³/mol. The quantitative estimate of drug-likeness (QED) is 0.602. The van der Waals surface area contributed by atoms with Gasteiger partial charge in [-0.1, -0.05) is 48.5 Å². The van der Waals surface area contributed by atoms with Gasteiger partial charge in [0.1, 0.15) is 11.7 Å². The van der Waals surface area contributed by atoms with Gasteiger partial charge in [0.2, 0.25) is 5.91 Å². The van der Waals surface area contributed by atoms with Crippen LogP contribution in [0.1, 0.15) is 22.0 Å². The van der Waals surface area contributed by atoms with Gasteiger partial charge < -0.3 is 9.84 Å². The SMILES string of the molecule is COc1ccccc1N1C(=O)[C@@H]2[C@@H](c3ccccc3C(=O)O)N(c3ccccc3)O[C@H]2C1=O. The second-order valence-electron chi connectivity index (χ2n) is 7.73. The number of methoxy groups -OCH3 is 1. The van der Waals surface area contributed by atoms with E-state index in [4.69, 9.17) is 9.57 Å². The molecular formula is C25H20N2O6. The molecule has 2 amide bonds. The number of amides is 2. The lowest BCUT2D eigenvalue weighted by atomic mass is 9.88. The summed E-state index contributed by atoms with van der Waals surface area (Å²) < 4.78 is 5.35. The van der Waals surface area contributed by atoms with Crippen LogP contribution in [0.5, 0.6) is 5.75 Å². The van der Waals surface area contributed by atoms with Crippen molar-refractivity contribution >= 4 is 29.2 Å². The van der Waals surface area contributed by atoms with Gasteiger partial charge >= 0.3 is 5.97 Å². The topological polar surface area (TPSA) is 96.4 Å².